The lowest BCUT2D eigenvalue weighted by Crippen LogP contribution is -2.34. The minimum atomic E-state index is 0.216. The second-order valence-corrected chi connectivity index (χ2v) is 5.40. The van der Waals surface area contributed by atoms with Gasteiger partial charge in [-0.05, 0) is 37.0 Å². The van der Waals surface area contributed by atoms with Crippen LogP contribution >= 0.6 is 15.9 Å². The second-order valence-electron chi connectivity index (χ2n) is 4.84. The fraction of sp³-hybridized carbons (Fsp3) is 0.909. The molecule has 0 radical (unpaired) electrons. The minimum absolute atomic E-state index is 0.216. The van der Waals surface area contributed by atoms with Gasteiger partial charge >= 0.3 is 0 Å². The van der Waals surface area contributed by atoms with Gasteiger partial charge in [-0.3, -0.25) is 4.79 Å². The SMILES string of the molecule is CN(CC1CC2CCC1C2)C(=O)CBr. The standard InChI is InChI=1S/C11H18BrNO/c1-13(11(14)6-12)7-10-5-8-2-3-9(10)4-8/h8-10H,2-7H2,1H3. The van der Waals surface area contributed by atoms with E-state index in [1.54, 1.807) is 0 Å². The summed E-state index contributed by atoms with van der Waals surface area (Å²) in [4.78, 5) is 13.3. The molecule has 3 heteroatoms. The number of fused-ring (bicyclic) bond motifs is 2. The van der Waals surface area contributed by atoms with Gasteiger partial charge < -0.3 is 4.90 Å². The van der Waals surface area contributed by atoms with Crippen molar-refractivity contribution in [2.24, 2.45) is 17.8 Å². The molecule has 0 heterocycles. The Morgan fingerprint density at radius 2 is 2.21 bits per heavy atom. The summed E-state index contributed by atoms with van der Waals surface area (Å²) in [6, 6.07) is 0. The molecule has 80 valence electrons. The molecule has 0 aromatic heterocycles. The molecule has 0 aromatic rings. The van der Waals surface area contributed by atoms with Gasteiger partial charge in [0.05, 0.1) is 5.33 Å². The lowest BCUT2D eigenvalue weighted by Gasteiger charge is -2.26. The largest absolute Gasteiger partial charge is 0.345 e. The molecule has 2 aliphatic carbocycles. The molecule has 0 spiro atoms. The topological polar surface area (TPSA) is 20.3 Å². The van der Waals surface area contributed by atoms with Crippen LogP contribution in [0.5, 0.6) is 0 Å². The molecule has 1 amide bonds. The lowest BCUT2D eigenvalue weighted by atomic mass is 9.88. The molecule has 2 nitrogen and oxygen atoms in total. The summed E-state index contributed by atoms with van der Waals surface area (Å²) < 4.78 is 0. The fourth-order valence-corrected chi connectivity index (χ4v) is 3.58. The van der Waals surface area contributed by atoms with Crippen LogP contribution < -0.4 is 0 Å². The first-order valence-electron chi connectivity index (χ1n) is 5.50. The number of carbonyl (C=O) groups excluding carboxylic acids is 1. The van der Waals surface area contributed by atoms with Gasteiger partial charge in [0.15, 0.2) is 0 Å². The van der Waals surface area contributed by atoms with Crippen molar-refractivity contribution in [1.82, 2.24) is 4.90 Å². The number of hydrogen-bond acceptors (Lipinski definition) is 1. The average molecular weight is 260 g/mol. The summed E-state index contributed by atoms with van der Waals surface area (Å²) >= 11 is 3.21. The van der Waals surface area contributed by atoms with E-state index < -0.39 is 0 Å². The Morgan fingerprint density at radius 3 is 2.71 bits per heavy atom. The molecule has 2 bridgehead atoms. The fourth-order valence-electron chi connectivity index (χ4n) is 3.16. The van der Waals surface area contributed by atoms with Crippen molar-refractivity contribution in [3.8, 4) is 0 Å². The molecular formula is C11H18BrNO. The van der Waals surface area contributed by atoms with Gasteiger partial charge in [-0.15, -0.1) is 0 Å². The number of hydrogen-bond donors (Lipinski definition) is 0. The van der Waals surface area contributed by atoms with Crippen molar-refractivity contribution in [3.63, 3.8) is 0 Å². The quantitative estimate of drug-likeness (QED) is 0.713. The van der Waals surface area contributed by atoms with Crippen molar-refractivity contribution in [3.05, 3.63) is 0 Å². The molecule has 0 aliphatic heterocycles. The van der Waals surface area contributed by atoms with Gasteiger partial charge in [-0.25, -0.2) is 0 Å². The summed E-state index contributed by atoms with van der Waals surface area (Å²) in [5, 5.41) is 0.463. The van der Waals surface area contributed by atoms with Gasteiger partial charge in [0, 0.05) is 13.6 Å². The van der Waals surface area contributed by atoms with Gasteiger partial charge in [-0.1, -0.05) is 22.4 Å². The Morgan fingerprint density at radius 1 is 1.43 bits per heavy atom. The van der Waals surface area contributed by atoms with Crippen LogP contribution in [0.15, 0.2) is 0 Å². The van der Waals surface area contributed by atoms with E-state index in [0.29, 0.717) is 5.33 Å². The van der Waals surface area contributed by atoms with E-state index in [1.165, 1.54) is 25.7 Å². The van der Waals surface area contributed by atoms with Crippen LogP contribution in [0.25, 0.3) is 0 Å². The summed E-state index contributed by atoms with van der Waals surface area (Å²) in [5.74, 6) is 2.91. The van der Waals surface area contributed by atoms with Crippen LogP contribution in [0.4, 0.5) is 0 Å². The number of nitrogens with zero attached hydrogens (tertiary/aromatic N) is 1. The van der Waals surface area contributed by atoms with Crippen molar-refractivity contribution in [2.45, 2.75) is 25.7 Å². The van der Waals surface area contributed by atoms with E-state index in [4.69, 9.17) is 0 Å². The minimum Gasteiger partial charge on any atom is -0.345 e. The molecule has 14 heavy (non-hydrogen) atoms. The number of carbonyl (C=O) groups is 1. The maximum Gasteiger partial charge on any atom is 0.232 e. The maximum atomic E-state index is 11.4. The molecule has 3 unspecified atom stereocenters. The third kappa shape index (κ3) is 1.97. The Hall–Kier alpha value is -0.0500. The van der Waals surface area contributed by atoms with Crippen LogP contribution in [0.1, 0.15) is 25.7 Å². The number of rotatable bonds is 3. The molecule has 2 aliphatic rings. The van der Waals surface area contributed by atoms with Crippen LogP contribution in [0.3, 0.4) is 0 Å². The number of halogens is 1. The first-order valence-corrected chi connectivity index (χ1v) is 6.62. The smallest absolute Gasteiger partial charge is 0.232 e. The molecule has 2 saturated carbocycles. The van der Waals surface area contributed by atoms with Crippen LogP contribution in [0, 0.1) is 17.8 Å². The third-order valence-corrected chi connectivity index (χ3v) is 4.41. The zero-order valence-corrected chi connectivity index (χ0v) is 10.3. The molecular weight excluding hydrogens is 242 g/mol. The van der Waals surface area contributed by atoms with Crippen molar-refractivity contribution in [1.29, 1.82) is 0 Å². The highest BCUT2D eigenvalue weighted by Crippen LogP contribution is 2.48. The molecule has 3 atom stereocenters. The van der Waals surface area contributed by atoms with Crippen molar-refractivity contribution < 1.29 is 4.79 Å². The monoisotopic (exact) mass is 259 g/mol. The van der Waals surface area contributed by atoms with E-state index in [1.807, 2.05) is 11.9 Å². The lowest BCUT2D eigenvalue weighted by molar-refractivity contribution is -0.127. The van der Waals surface area contributed by atoms with Gasteiger partial charge in [-0.2, -0.15) is 0 Å². The summed E-state index contributed by atoms with van der Waals surface area (Å²) in [6.07, 6.45) is 5.65. The van der Waals surface area contributed by atoms with Gasteiger partial charge in [0.2, 0.25) is 5.91 Å². The van der Waals surface area contributed by atoms with Crippen molar-refractivity contribution in [2.75, 3.05) is 18.9 Å². The van der Waals surface area contributed by atoms with E-state index >= 15 is 0 Å². The summed E-state index contributed by atoms with van der Waals surface area (Å²) in [6.45, 7) is 0.978. The van der Waals surface area contributed by atoms with Gasteiger partial charge in [0.25, 0.3) is 0 Å². The molecule has 0 aromatic carbocycles. The predicted molar refractivity (Wildman–Crippen MR) is 60.4 cm³/mol. The first kappa shape index (κ1) is 10.5. The summed E-state index contributed by atoms with van der Waals surface area (Å²) in [5.41, 5.74) is 0. The summed E-state index contributed by atoms with van der Waals surface area (Å²) in [7, 11) is 1.93. The highest BCUT2D eigenvalue weighted by Gasteiger charge is 2.39. The van der Waals surface area contributed by atoms with E-state index in [0.717, 1.165) is 24.3 Å². The number of amides is 1. The van der Waals surface area contributed by atoms with E-state index in [9.17, 15) is 4.79 Å². The molecule has 2 rings (SSSR count). The van der Waals surface area contributed by atoms with Crippen LogP contribution in [0.2, 0.25) is 0 Å². The Balaban J connectivity index is 1.83. The average Bonchev–Trinajstić information content (AvgIpc) is 2.77. The Kier molecular flexibility index (Phi) is 3.15. The Bertz CT molecular complexity index is 231. The maximum absolute atomic E-state index is 11.4. The third-order valence-electron chi connectivity index (χ3n) is 3.93. The van der Waals surface area contributed by atoms with Gasteiger partial charge in [0.1, 0.15) is 0 Å². The highest BCUT2D eigenvalue weighted by molar-refractivity contribution is 9.09. The van der Waals surface area contributed by atoms with Crippen LogP contribution in [-0.4, -0.2) is 29.7 Å². The number of alkyl halides is 1. The second kappa shape index (κ2) is 4.21. The van der Waals surface area contributed by atoms with E-state index in [-0.39, 0.29) is 5.91 Å². The zero-order chi connectivity index (χ0) is 10.1. The molecule has 0 saturated heterocycles. The van der Waals surface area contributed by atoms with Crippen LogP contribution in [-0.2, 0) is 4.79 Å². The normalized spacial score (nSPS) is 34.9. The van der Waals surface area contributed by atoms with E-state index in [2.05, 4.69) is 15.9 Å². The predicted octanol–water partition coefficient (Wildman–Crippen LogP) is 2.28. The van der Waals surface area contributed by atoms with Crippen molar-refractivity contribution >= 4 is 21.8 Å². The molecule has 2 fully saturated rings. The zero-order valence-electron chi connectivity index (χ0n) is 8.71. The first-order chi connectivity index (χ1) is 6.70. The Labute approximate surface area is 94.2 Å². The molecule has 0 N–H and O–H groups in total. The highest BCUT2D eigenvalue weighted by atomic mass is 79.9.